The number of carbonyl (C=O) groups is 1. The second kappa shape index (κ2) is 5.72. The van der Waals surface area contributed by atoms with Gasteiger partial charge >= 0.3 is 5.97 Å². The number of aliphatic carboxylic acids is 1. The molecule has 0 saturated heterocycles. The van der Waals surface area contributed by atoms with Crippen LogP contribution < -0.4 is 0 Å². The van der Waals surface area contributed by atoms with E-state index in [2.05, 4.69) is 17.1 Å². The summed E-state index contributed by atoms with van der Waals surface area (Å²) in [6, 6.07) is -0.565. The molecule has 5 nitrogen and oxygen atoms in total. The highest BCUT2D eigenvalue weighted by Gasteiger charge is 2.30. The predicted octanol–water partition coefficient (Wildman–Crippen LogP) is 2.85. The molecule has 1 atom stereocenters. The highest BCUT2D eigenvalue weighted by atomic mass is 16.4. The van der Waals surface area contributed by atoms with Crippen molar-refractivity contribution in [3.63, 3.8) is 0 Å². The minimum atomic E-state index is -0.805. The molecule has 1 N–H and O–H groups in total. The third-order valence-corrected chi connectivity index (χ3v) is 4.17. The fraction of sp³-hybridized carbons (Fsp3) is 0.786. The summed E-state index contributed by atoms with van der Waals surface area (Å²) in [6.07, 6.45) is 6.13. The van der Waals surface area contributed by atoms with Crippen molar-refractivity contribution in [2.45, 2.75) is 58.4 Å². The third-order valence-electron chi connectivity index (χ3n) is 4.17. The molecule has 1 aliphatic rings. The lowest BCUT2D eigenvalue weighted by Crippen LogP contribution is -2.27. The van der Waals surface area contributed by atoms with E-state index in [1.807, 2.05) is 13.8 Å². The lowest BCUT2D eigenvalue weighted by atomic mass is 9.82. The number of carboxylic acids is 1. The summed E-state index contributed by atoms with van der Waals surface area (Å²) in [5.74, 6) is 1.20. The molecular formula is C14H23N3O2. The van der Waals surface area contributed by atoms with E-state index in [1.54, 1.807) is 10.9 Å². The minimum Gasteiger partial charge on any atom is -0.480 e. The van der Waals surface area contributed by atoms with Crippen LogP contribution in [0.4, 0.5) is 0 Å². The Morgan fingerprint density at radius 2 is 2.00 bits per heavy atom. The van der Waals surface area contributed by atoms with Crippen LogP contribution >= 0.6 is 0 Å². The summed E-state index contributed by atoms with van der Waals surface area (Å²) in [6.45, 7) is 6.12. The fourth-order valence-electron chi connectivity index (χ4n) is 3.00. The standard InChI is InChI=1S/C14H23N3O2/c1-9(2)12(14(18)19)17-8-15-16-13(17)11-6-4-10(3)5-7-11/h8-12H,4-7H2,1-3H3,(H,18,19). The van der Waals surface area contributed by atoms with E-state index in [-0.39, 0.29) is 5.92 Å². The van der Waals surface area contributed by atoms with E-state index in [0.717, 1.165) is 24.6 Å². The van der Waals surface area contributed by atoms with Gasteiger partial charge in [0.2, 0.25) is 0 Å². The molecule has 1 heterocycles. The summed E-state index contributed by atoms with van der Waals surface area (Å²) in [5, 5.41) is 17.6. The van der Waals surface area contributed by atoms with Gasteiger partial charge in [0.05, 0.1) is 0 Å². The molecule has 19 heavy (non-hydrogen) atoms. The van der Waals surface area contributed by atoms with E-state index < -0.39 is 12.0 Å². The molecule has 1 aromatic rings. The smallest absolute Gasteiger partial charge is 0.327 e. The zero-order chi connectivity index (χ0) is 14.0. The largest absolute Gasteiger partial charge is 0.480 e. The summed E-state index contributed by atoms with van der Waals surface area (Å²) in [7, 11) is 0. The topological polar surface area (TPSA) is 68.0 Å². The highest BCUT2D eigenvalue weighted by Crippen LogP contribution is 2.36. The van der Waals surface area contributed by atoms with E-state index >= 15 is 0 Å². The first-order valence-electron chi connectivity index (χ1n) is 7.13. The number of carboxylic acid groups (broad SMARTS) is 1. The van der Waals surface area contributed by atoms with E-state index in [9.17, 15) is 9.90 Å². The van der Waals surface area contributed by atoms with Gasteiger partial charge in [0.15, 0.2) is 0 Å². The maximum absolute atomic E-state index is 11.5. The molecule has 106 valence electrons. The first kappa shape index (κ1) is 14.0. The van der Waals surface area contributed by atoms with Gasteiger partial charge in [0.25, 0.3) is 0 Å². The molecule has 1 aromatic heterocycles. The van der Waals surface area contributed by atoms with Crippen molar-refractivity contribution in [2.24, 2.45) is 11.8 Å². The summed E-state index contributed by atoms with van der Waals surface area (Å²) >= 11 is 0. The number of nitrogens with zero attached hydrogens (tertiary/aromatic N) is 3. The van der Waals surface area contributed by atoms with Crippen molar-refractivity contribution in [3.05, 3.63) is 12.2 Å². The van der Waals surface area contributed by atoms with Gasteiger partial charge in [-0.05, 0) is 24.7 Å². The molecule has 5 heteroatoms. The van der Waals surface area contributed by atoms with Crippen molar-refractivity contribution in [1.29, 1.82) is 0 Å². The Morgan fingerprint density at radius 3 is 2.53 bits per heavy atom. The van der Waals surface area contributed by atoms with Crippen LogP contribution in [0.25, 0.3) is 0 Å². The molecule has 2 rings (SSSR count). The fourth-order valence-corrected chi connectivity index (χ4v) is 3.00. The van der Waals surface area contributed by atoms with Crippen LogP contribution in [0.5, 0.6) is 0 Å². The SMILES string of the molecule is CC1CCC(c2nncn2C(C(=O)O)C(C)C)CC1. The number of hydrogen-bond donors (Lipinski definition) is 1. The molecule has 1 saturated carbocycles. The van der Waals surface area contributed by atoms with Crippen LogP contribution in [0.2, 0.25) is 0 Å². The van der Waals surface area contributed by atoms with Crippen LogP contribution in [0, 0.1) is 11.8 Å². The maximum atomic E-state index is 11.5. The highest BCUT2D eigenvalue weighted by molar-refractivity contribution is 5.72. The minimum absolute atomic E-state index is 0.0229. The third kappa shape index (κ3) is 2.96. The maximum Gasteiger partial charge on any atom is 0.327 e. The van der Waals surface area contributed by atoms with Crippen molar-refractivity contribution in [1.82, 2.24) is 14.8 Å². The van der Waals surface area contributed by atoms with Gasteiger partial charge < -0.3 is 9.67 Å². The number of aromatic nitrogens is 3. The van der Waals surface area contributed by atoms with Gasteiger partial charge in [-0.1, -0.05) is 33.6 Å². The molecule has 0 bridgehead atoms. The Bertz CT molecular complexity index is 434. The summed E-state index contributed by atoms with van der Waals surface area (Å²) < 4.78 is 1.77. The Kier molecular flexibility index (Phi) is 4.22. The molecule has 0 spiro atoms. The van der Waals surface area contributed by atoms with Gasteiger partial charge in [-0.2, -0.15) is 0 Å². The lowest BCUT2D eigenvalue weighted by Gasteiger charge is -2.27. The van der Waals surface area contributed by atoms with Gasteiger partial charge in [-0.3, -0.25) is 0 Å². The van der Waals surface area contributed by atoms with Gasteiger partial charge in [0, 0.05) is 5.92 Å². The van der Waals surface area contributed by atoms with Crippen molar-refractivity contribution < 1.29 is 9.90 Å². The zero-order valence-electron chi connectivity index (χ0n) is 11.9. The first-order valence-corrected chi connectivity index (χ1v) is 7.13. The second-order valence-corrected chi connectivity index (χ2v) is 6.08. The molecule has 0 radical (unpaired) electrons. The normalized spacial score (nSPS) is 25.5. The molecule has 1 unspecified atom stereocenters. The van der Waals surface area contributed by atoms with Crippen LogP contribution in [0.15, 0.2) is 6.33 Å². The van der Waals surface area contributed by atoms with Gasteiger partial charge in [0.1, 0.15) is 18.2 Å². The Morgan fingerprint density at radius 1 is 1.37 bits per heavy atom. The molecule has 0 amide bonds. The monoisotopic (exact) mass is 265 g/mol. The van der Waals surface area contributed by atoms with Crippen LogP contribution in [0.1, 0.15) is 64.2 Å². The van der Waals surface area contributed by atoms with Crippen molar-refractivity contribution >= 4 is 5.97 Å². The van der Waals surface area contributed by atoms with Gasteiger partial charge in [-0.25, -0.2) is 4.79 Å². The van der Waals surface area contributed by atoms with E-state index in [1.165, 1.54) is 12.8 Å². The zero-order valence-corrected chi connectivity index (χ0v) is 11.9. The number of hydrogen-bond acceptors (Lipinski definition) is 3. The first-order chi connectivity index (χ1) is 9.00. The Hall–Kier alpha value is -1.39. The molecular weight excluding hydrogens is 242 g/mol. The number of rotatable bonds is 4. The van der Waals surface area contributed by atoms with Gasteiger partial charge in [-0.15, -0.1) is 10.2 Å². The molecule has 1 fully saturated rings. The van der Waals surface area contributed by atoms with Crippen molar-refractivity contribution in [2.75, 3.05) is 0 Å². The lowest BCUT2D eigenvalue weighted by molar-refractivity contribution is -0.142. The molecule has 0 aromatic carbocycles. The Balaban J connectivity index is 2.23. The average molecular weight is 265 g/mol. The quantitative estimate of drug-likeness (QED) is 0.909. The van der Waals surface area contributed by atoms with E-state index in [0.29, 0.717) is 5.92 Å². The molecule has 1 aliphatic carbocycles. The second-order valence-electron chi connectivity index (χ2n) is 6.08. The van der Waals surface area contributed by atoms with E-state index in [4.69, 9.17) is 0 Å². The Labute approximate surface area is 114 Å². The molecule has 0 aliphatic heterocycles. The van der Waals surface area contributed by atoms with Crippen molar-refractivity contribution in [3.8, 4) is 0 Å². The predicted molar refractivity (Wildman–Crippen MR) is 71.9 cm³/mol. The summed E-state index contributed by atoms with van der Waals surface area (Å²) in [5.41, 5.74) is 0. The van der Waals surface area contributed by atoms with Crippen LogP contribution in [-0.2, 0) is 4.79 Å². The van der Waals surface area contributed by atoms with Crippen LogP contribution in [-0.4, -0.2) is 25.8 Å². The summed E-state index contributed by atoms with van der Waals surface area (Å²) in [4.78, 5) is 11.5. The average Bonchev–Trinajstić information content (AvgIpc) is 2.78. The van der Waals surface area contributed by atoms with Crippen LogP contribution in [0.3, 0.4) is 0 Å².